The largest absolute Gasteiger partial charge is 0.0616 e. The van der Waals surface area contributed by atoms with Gasteiger partial charge in [-0.2, -0.15) is 0 Å². The van der Waals surface area contributed by atoms with E-state index in [1.54, 1.807) is 0 Å². The second kappa shape index (κ2) is 27.6. The summed E-state index contributed by atoms with van der Waals surface area (Å²) in [5.41, 5.74) is 0. The first-order valence-electron chi connectivity index (χ1n) is 39.6. The minimum atomic E-state index is 1.33. The van der Waals surface area contributed by atoms with Gasteiger partial charge in [-0.3, -0.25) is 0 Å². The van der Waals surface area contributed by atoms with Crippen LogP contribution in [0.1, 0.15) is 0 Å². The molecular formula is C114H72. The highest BCUT2D eigenvalue weighted by Gasteiger charge is 2.17. The molecule has 0 amide bonds. The van der Waals surface area contributed by atoms with Gasteiger partial charge < -0.3 is 0 Å². The van der Waals surface area contributed by atoms with Crippen molar-refractivity contribution in [3.8, 4) is 0 Å². The van der Waals surface area contributed by atoms with E-state index in [0.717, 1.165) is 0 Å². The minimum Gasteiger partial charge on any atom is -0.0616 e. The summed E-state index contributed by atoms with van der Waals surface area (Å²) in [5.74, 6) is 0. The molecule has 0 aliphatic carbocycles. The maximum absolute atomic E-state index is 2.25. The summed E-state index contributed by atoms with van der Waals surface area (Å²) in [7, 11) is 0. The van der Waals surface area contributed by atoms with Crippen LogP contribution in [0.4, 0.5) is 0 Å². The van der Waals surface area contributed by atoms with E-state index in [-0.39, 0.29) is 0 Å². The lowest BCUT2D eigenvalue weighted by Gasteiger charge is -2.13. The van der Waals surface area contributed by atoms with Crippen LogP contribution in [0.5, 0.6) is 0 Å². The zero-order valence-electron chi connectivity index (χ0n) is 62.6. The summed E-state index contributed by atoms with van der Waals surface area (Å²) in [6.45, 7) is 0. The first-order chi connectivity index (χ1) is 56.6. The van der Waals surface area contributed by atoms with Gasteiger partial charge >= 0.3 is 0 Å². The maximum Gasteiger partial charge on any atom is -0.00264 e. The first-order valence-corrected chi connectivity index (χ1v) is 39.6. The van der Waals surface area contributed by atoms with Gasteiger partial charge in [0.05, 0.1) is 0 Å². The van der Waals surface area contributed by atoms with E-state index in [1.807, 2.05) is 0 Å². The molecule has 0 bridgehead atoms. The van der Waals surface area contributed by atoms with Gasteiger partial charge in [-0.05, 0) is 226 Å². The fourth-order valence-electron chi connectivity index (χ4n) is 19.3. The van der Waals surface area contributed by atoms with E-state index < -0.39 is 0 Å². The molecule has 27 aromatic carbocycles. The van der Waals surface area contributed by atoms with Crippen molar-refractivity contribution in [1.82, 2.24) is 0 Å². The van der Waals surface area contributed by atoms with Crippen LogP contribution in [-0.4, -0.2) is 0 Å². The Balaban J connectivity index is 0.0000000835. The molecule has 0 aliphatic heterocycles. The van der Waals surface area contributed by atoms with Crippen molar-refractivity contribution >= 4 is 226 Å². The van der Waals surface area contributed by atoms with Crippen molar-refractivity contribution in [3.63, 3.8) is 0 Å². The molecule has 0 saturated carbocycles. The maximum atomic E-state index is 2.25. The number of hydrogen-bond donors (Lipinski definition) is 0. The smallest absolute Gasteiger partial charge is 0.00264 e. The first kappa shape index (κ1) is 66.2. The molecule has 0 nitrogen and oxygen atoms in total. The Labute approximate surface area is 658 Å². The second-order valence-electron chi connectivity index (χ2n) is 30.2. The fourth-order valence-corrected chi connectivity index (χ4v) is 19.3. The van der Waals surface area contributed by atoms with E-state index in [0.29, 0.717) is 0 Å². The van der Waals surface area contributed by atoms with Crippen molar-refractivity contribution in [2.24, 2.45) is 0 Å². The van der Waals surface area contributed by atoms with Crippen LogP contribution in [0, 0.1) is 0 Å². The molecule has 0 radical (unpaired) electrons. The molecule has 0 atom stereocenters. The zero-order valence-corrected chi connectivity index (χ0v) is 62.6. The predicted octanol–water partition coefficient (Wildman–Crippen LogP) is 32.7. The molecule has 27 rings (SSSR count). The van der Waals surface area contributed by atoms with Crippen molar-refractivity contribution in [2.45, 2.75) is 0 Å². The van der Waals surface area contributed by atoms with Gasteiger partial charge in [0.1, 0.15) is 0 Å². The van der Waals surface area contributed by atoms with Gasteiger partial charge in [-0.1, -0.05) is 437 Å². The van der Waals surface area contributed by atoms with E-state index in [4.69, 9.17) is 0 Å². The van der Waals surface area contributed by atoms with Gasteiger partial charge in [-0.15, -0.1) is 0 Å². The van der Waals surface area contributed by atoms with Crippen LogP contribution in [0.3, 0.4) is 0 Å². The quantitative estimate of drug-likeness (QED) is 0.105. The normalized spacial score (nSPS) is 11.7. The Kier molecular flexibility index (Phi) is 16.0. The molecule has 0 saturated heterocycles. The Morgan fingerprint density at radius 3 is 0.211 bits per heavy atom. The second-order valence-corrected chi connectivity index (χ2v) is 30.2. The predicted molar refractivity (Wildman–Crippen MR) is 500 cm³/mol. The van der Waals surface area contributed by atoms with E-state index in [1.165, 1.54) is 226 Å². The average Bonchev–Trinajstić information content (AvgIpc) is 0.715. The molecule has 0 aromatic heterocycles. The lowest BCUT2D eigenvalue weighted by molar-refractivity contribution is 1.77. The summed E-state index contributed by atoms with van der Waals surface area (Å²) in [5, 5.41) is 56.8. The number of benzene rings is 27. The van der Waals surface area contributed by atoms with E-state index >= 15 is 0 Å². The highest BCUT2D eigenvalue weighted by molar-refractivity contribution is 6.36. The minimum absolute atomic E-state index is 1.33. The standard InChI is InChI=1S/3C20H12.3C18H12/c3*1-5-13-6-2-11-17-18-12-4-8-14-7-3-10-16(20(14)18)15(9-1)19(13)17;3*1-2-8-14-13(7-1)15-9-3-4-11-17(15)18-12-6-5-10-16(14)18/h3*1-12H;3*1-12H. The summed E-state index contributed by atoms with van der Waals surface area (Å²) >= 11 is 0. The zero-order chi connectivity index (χ0) is 75.2. The van der Waals surface area contributed by atoms with Crippen molar-refractivity contribution in [3.05, 3.63) is 437 Å². The molecule has 0 heteroatoms. The van der Waals surface area contributed by atoms with Crippen LogP contribution < -0.4 is 0 Å². The molecule has 114 heavy (non-hydrogen) atoms. The lowest BCUT2D eigenvalue weighted by Crippen LogP contribution is -1.85. The van der Waals surface area contributed by atoms with Crippen molar-refractivity contribution < 1.29 is 0 Å². The molecule has 0 unspecified atom stereocenters. The van der Waals surface area contributed by atoms with Gasteiger partial charge in [0.15, 0.2) is 0 Å². The Hall–Kier alpha value is -14.8. The number of rotatable bonds is 0. The highest BCUT2D eigenvalue weighted by atomic mass is 14.2. The SMILES string of the molecule is c1cc2cccc3c4cccc5cccc(c(c1)c23)c54.c1cc2cccc3c4cccc5cccc(c(c1)c23)c54.c1cc2cccc3c4cccc5cccc(c(c1)c23)c54.c1ccc2c(c1)c1ccccc1c1ccccc21.c1ccc2c(c1)c1ccccc1c1ccccc21.c1ccc2c(c1)c1ccccc1c1ccccc21. The molecule has 0 aliphatic rings. The third kappa shape index (κ3) is 10.8. The molecule has 528 valence electrons. The molecule has 27 aromatic rings. The van der Waals surface area contributed by atoms with Gasteiger partial charge in [0, 0.05) is 0 Å². The third-order valence-electron chi connectivity index (χ3n) is 24.1. The van der Waals surface area contributed by atoms with Gasteiger partial charge in [0.25, 0.3) is 0 Å². The monoisotopic (exact) mass is 1440 g/mol. The summed E-state index contributed by atoms with van der Waals surface area (Å²) < 4.78 is 0. The van der Waals surface area contributed by atoms with Gasteiger partial charge in [0.2, 0.25) is 0 Å². The molecular weight excluding hydrogens is 1370 g/mol. The number of fused-ring (bicyclic) bond motifs is 24. The van der Waals surface area contributed by atoms with Gasteiger partial charge in [-0.25, -0.2) is 0 Å². The number of hydrogen-bond acceptors (Lipinski definition) is 0. The van der Waals surface area contributed by atoms with Crippen molar-refractivity contribution in [2.75, 3.05) is 0 Å². The third-order valence-corrected chi connectivity index (χ3v) is 24.1. The topological polar surface area (TPSA) is 0 Å². The highest BCUT2D eigenvalue weighted by Crippen LogP contribution is 2.45. The Morgan fingerprint density at radius 1 is 0.0614 bits per heavy atom. The van der Waals surface area contributed by atoms with Crippen LogP contribution in [0.15, 0.2) is 437 Å². The summed E-state index contributed by atoms with van der Waals surface area (Å²) in [4.78, 5) is 0. The van der Waals surface area contributed by atoms with E-state index in [2.05, 4.69) is 437 Å². The molecule has 0 heterocycles. The summed E-state index contributed by atoms with van der Waals surface area (Å²) in [6.07, 6.45) is 0. The fraction of sp³-hybridized carbons (Fsp3) is 0. The Morgan fingerprint density at radius 2 is 0.132 bits per heavy atom. The van der Waals surface area contributed by atoms with Crippen LogP contribution >= 0.6 is 0 Å². The van der Waals surface area contributed by atoms with Crippen LogP contribution in [-0.2, 0) is 0 Å². The lowest BCUT2D eigenvalue weighted by atomic mass is 9.90. The summed E-state index contributed by atoms with van der Waals surface area (Å²) in [6, 6.07) is 157. The van der Waals surface area contributed by atoms with Crippen molar-refractivity contribution in [1.29, 1.82) is 0 Å². The Bertz CT molecular complexity index is 6480. The van der Waals surface area contributed by atoms with Crippen LogP contribution in [0.2, 0.25) is 0 Å². The molecule has 0 spiro atoms. The molecule has 0 N–H and O–H groups in total. The molecule has 0 fully saturated rings. The average molecular weight is 1440 g/mol. The van der Waals surface area contributed by atoms with Crippen LogP contribution in [0.25, 0.3) is 226 Å². The van der Waals surface area contributed by atoms with E-state index in [9.17, 15) is 0 Å².